The van der Waals surface area contributed by atoms with E-state index >= 15 is 0 Å². The van der Waals surface area contributed by atoms with E-state index in [2.05, 4.69) is 24.6 Å². The fourth-order valence-electron chi connectivity index (χ4n) is 2.48. The zero-order valence-electron chi connectivity index (χ0n) is 11.0. The molecule has 2 fully saturated rings. The highest BCUT2D eigenvalue weighted by atomic mass is 32.2. The van der Waals surface area contributed by atoms with Crippen molar-refractivity contribution in [3.63, 3.8) is 0 Å². The average Bonchev–Trinajstić information content (AvgIpc) is 2.92. The third-order valence-corrected chi connectivity index (χ3v) is 6.09. The second-order valence-electron chi connectivity index (χ2n) is 5.12. The molecule has 0 aromatic heterocycles. The van der Waals surface area contributed by atoms with E-state index in [1.54, 1.807) is 16.7 Å². The van der Waals surface area contributed by atoms with Crippen LogP contribution in [0.15, 0.2) is 35.1 Å². The summed E-state index contributed by atoms with van der Waals surface area (Å²) in [5.41, 5.74) is 0.887. The van der Waals surface area contributed by atoms with Crippen LogP contribution in [-0.2, 0) is 9.59 Å². The Balaban J connectivity index is 1.55. The van der Waals surface area contributed by atoms with Crippen molar-refractivity contribution >= 4 is 35.3 Å². The number of hydrogen-bond donors (Lipinski definition) is 1. The molecule has 3 rings (SSSR count). The molecule has 6 heteroatoms. The Morgan fingerprint density at radius 2 is 2.30 bits per heavy atom. The van der Waals surface area contributed by atoms with Crippen molar-refractivity contribution in [1.82, 2.24) is 10.2 Å². The molecule has 20 heavy (non-hydrogen) atoms. The first-order valence-electron chi connectivity index (χ1n) is 6.50. The van der Waals surface area contributed by atoms with Crippen LogP contribution < -0.4 is 5.32 Å². The highest BCUT2D eigenvalue weighted by Gasteiger charge is 2.51. The van der Waals surface area contributed by atoms with Crippen LogP contribution in [0.5, 0.6) is 0 Å². The van der Waals surface area contributed by atoms with E-state index in [4.69, 9.17) is 0 Å². The summed E-state index contributed by atoms with van der Waals surface area (Å²) < 4.78 is 0. The maximum Gasteiger partial charge on any atom is 0.249 e. The molecule has 3 heterocycles. The minimum atomic E-state index is -0.406. The first-order chi connectivity index (χ1) is 9.56. The first-order valence-corrected chi connectivity index (χ1v) is 8.32. The van der Waals surface area contributed by atoms with Gasteiger partial charge >= 0.3 is 0 Å². The van der Waals surface area contributed by atoms with E-state index in [9.17, 15) is 9.59 Å². The third kappa shape index (κ3) is 2.42. The summed E-state index contributed by atoms with van der Waals surface area (Å²) in [6.45, 7) is 8.36. The monoisotopic (exact) mass is 308 g/mol. The number of carbonyl (C=O) groups excluding carboxylic acids is 2. The quantitative estimate of drug-likeness (QED) is 0.809. The Morgan fingerprint density at radius 1 is 1.50 bits per heavy atom. The maximum absolute atomic E-state index is 12.0. The minimum Gasteiger partial charge on any atom is -0.342 e. The molecule has 0 aromatic carbocycles. The Labute approximate surface area is 126 Å². The zero-order chi connectivity index (χ0) is 14.3. The predicted octanol–water partition coefficient (Wildman–Crippen LogP) is 1.87. The summed E-state index contributed by atoms with van der Waals surface area (Å²) >= 11 is 3.20. The predicted molar refractivity (Wildman–Crippen MR) is 83.1 cm³/mol. The molecule has 2 saturated heterocycles. The van der Waals surface area contributed by atoms with Crippen LogP contribution in [0.1, 0.15) is 12.8 Å². The number of amides is 2. The molecule has 0 saturated carbocycles. The summed E-state index contributed by atoms with van der Waals surface area (Å²) in [5, 5.41) is 5.19. The molecule has 4 nitrogen and oxygen atoms in total. The lowest BCUT2D eigenvalue weighted by atomic mass is 10.0. The molecule has 1 N–H and O–H groups in total. The van der Waals surface area contributed by atoms with Crippen molar-refractivity contribution in [3.8, 4) is 0 Å². The molecule has 0 spiro atoms. The molecule has 3 aliphatic rings. The second kappa shape index (κ2) is 5.33. The van der Waals surface area contributed by atoms with Crippen molar-refractivity contribution < 1.29 is 9.59 Å². The van der Waals surface area contributed by atoms with Gasteiger partial charge < -0.3 is 10.2 Å². The number of fused-ring (bicyclic) bond motifs is 1. The summed E-state index contributed by atoms with van der Waals surface area (Å²) in [5.74, 6) is -0.0542. The molecule has 0 aliphatic carbocycles. The SMILES string of the molecule is C=C1CN2C(=O)C(NC(=O)CC3CC=CS3)C2SC1=C. The molecular weight excluding hydrogens is 292 g/mol. The number of rotatable bonds is 3. The second-order valence-corrected chi connectivity index (χ2v) is 7.54. The van der Waals surface area contributed by atoms with Gasteiger partial charge in [-0.2, -0.15) is 0 Å². The standard InChI is InChI=1S/C14H16N2O2S2/c1-8-7-16-13(18)12(14(16)20-9(8)2)15-11(17)6-10-4-3-5-19-10/h3,5,10,12,14H,1-2,4,6-7H2,(H,15,17). The van der Waals surface area contributed by atoms with Crippen LogP contribution in [0.3, 0.4) is 0 Å². The largest absolute Gasteiger partial charge is 0.342 e. The molecule has 3 unspecified atom stereocenters. The van der Waals surface area contributed by atoms with Gasteiger partial charge in [0.05, 0.1) is 0 Å². The maximum atomic E-state index is 12.0. The average molecular weight is 308 g/mol. The number of carbonyl (C=O) groups is 2. The van der Waals surface area contributed by atoms with Gasteiger partial charge in [-0.15, -0.1) is 11.8 Å². The van der Waals surface area contributed by atoms with Crippen LogP contribution in [0.4, 0.5) is 0 Å². The van der Waals surface area contributed by atoms with Crippen molar-refractivity contribution in [3.05, 3.63) is 35.1 Å². The molecule has 3 atom stereocenters. The van der Waals surface area contributed by atoms with Gasteiger partial charge in [0.1, 0.15) is 11.4 Å². The van der Waals surface area contributed by atoms with Crippen molar-refractivity contribution in [1.29, 1.82) is 0 Å². The molecule has 3 aliphatic heterocycles. The van der Waals surface area contributed by atoms with Gasteiger partial charge in [0, 0.05) is 23.1 Å². The van der Waals surface area contributed by atoms with Gasteiger partial charge in [-0.3, -0.25) is 9.59 Å². The van der Waals surface area contributed by atoms with E-state index in [0.29, 0.717) is 18.2 Å². The molecule has 0 bridgehead atoms. The minimum absolute atomic E-state index is 0.0123. The summed E-state index contributed by atoms with van der Waals surface area (Å²) in [6, 6.07) is -0.406. The summed E-state index contributed by atoms with van der Waals surface area (Å²) in [7, 11) is 0. The summed E-state index contributed by atoms with van der Waals surface area (Å²) in [4.78, 5) is 26.7. The highest BCUT2D eigenvalue weighted by Crippen LogP contribution is 2.42. The van der Waals surface area contributed by atoms with Crippen LogP contribution in [-0.4, -0.2) is 39.9 Å². The molecular formula is C14H16N2O2S2. The van der Waals surface area contributed by atoms with Gasteiger partial charge in [0.2, 0.25) is 11.8 Å². The van der Waals surface area contributed by atoms with E-state index in [0.717, 1.165) is 16.9 Å². The third-order valence-electron chi connectivity index (χ3n) is 3.66. The van der Waals surface area contributed by atoms with Gasteiger partial charge in [0.15, 0.2) is 0 Å². The smallest absolute Gasteiger partial charge is 0.249 e. The van der Waals surface area contributed by atoms with Crippen molar-refractivity contribution in [2.24, 2.45) is 0 Å². The van der Waals surface area contributed by atoms with E-state index < -0.39 is 6.04 Å². The first kappa shape index (κ1) is 13.8. The number of β-lactam (4-membered cyclic amide) rings is 1. The highest BCUT2D eigenvalue weighted by molar-refractivity contribution is 8.04. The fraction of sp³-hybridized carbons (Fsp3) is 0.429. The van der Waals surface area contributed by atoms with Crippen LogP contribution in [0.25, 0.3) is 0 Å². The fourth-order valence-corrected chi connectivity index (χ4v) is 4.54. The molecule has 106 valence electrons. The van der Waals surface area contributed by atoms with Crippen LogP contribution in [0, 0.1) is 0 Å². The van der Waals surface area contributed by atoms with Gasteiger partial charge in [-0.05, 0) is 17.4 Å². The Morgan fingerprint density at radius 3 is 3.00 bits per heavy atom. The lowest BCUT2D eigenvalue weighted by Gasteiger charge is -2.50. The Kier molecular flexibility index (Phi) is 3.69. The number of allylic oxidation sites excluding steroid dienone is 1. The normalized spacial score (nSPS) is 32.1. The topological polar surface area (TPSA) is 49.4 Å². The molecule has 0 radical (unpaired) electrons. The lowest BCUT2D eigenvalue weighted by molar-refractivity contribution is -0.148. The number of thioether (sulfide) groups is 2. The lowest BCUT2D eigenvalue weighted by Crippen LogP contribution is -2.70. The summed E-state index contributed by atoms with van der Waals surface area (Å²) in [6.07, 6.45) is 3.47. The number of hydrogen-bond acceptors (Lipinski definition) is 4. The number of nitrogens with one attached hydrogen (secondary N) is 1. The number of nitrogens with zero attached hydrogens (tertiary/aromatic N) is 1. The Hall–Kier alpha value is -1.14. The Bertz CT molecular complexity index is 521. The van der Waals surface area contributed by atoms with Crippen molar-refractivity contribution in [2.75, 3.05) is 6.54 Å². The zero-order valence-corrected chi connectivity index (χ0v) is 12.6. The van der Waals surface area contributed by atoms with Crippen molar-refractivity contribution in [2.45, 2.75) is 29.5 Å². The molecule has 0 aromatic rings. The van der Waals surface area contributed by atoms with Gasteiger partial charge in [0.25, 0.3) is 0 Å². The van der Waals surface area contributed by atoms with E-state index in [-0.39, 0.29) is 17.2 Å². The van der Waals surface area contributed by atoms with Crippen LogP contribution in [0.2, 0.25) is 0 Å². The van der Waals surface area contributed by atoms with Crippen LogP contribution >= 0.6 is 23.5 Å². The molecule has 2 amide bonds. The van der Waals surface area contributed by atoms with Gasteiger partial charge in [-0.25, -0.2) is 0 Å². The van der Waals surface area contributed by atoms with E-state index in [1.807, 2.05) is 5.41 Å². The van der Waals surface area contributed by atoms with E-state index in [1.165, 1.54) is 11.8 Å². The van der Waals surface area contributed by atoms with Gasteiger partial charge in [-0.1, -0.05) is 31.0 Å².